The van der Waals surface area contributed by atoms with Crippen LogP contribution in [0.15, 0.2) is 36.5 Å². The molecule has 3 aromatic rings. The first-order valence-electron chi connectivity index (χ1n) is 13.5. The molecule has 0 spiro atoms. The second-order valence-corrected chi connectivity index (χ2v) is 10.8. The van der Waals surface area contributed by atoms with Crippen molar-refractivity contribution in [2.45, 2.75) is 58.7 Å². The van der Waals surface area contributed by atoms with Crippen LogP contribution in [-0.4, -0.2) is 82.0 Å². The van der Waals surface area contributed by atoms with Gasteiger partial charge in [0.2, 0.25) is 11.8 Å². The van der Waals surface area contributed by atoms with E-state index in [0.29, 0.717) is 18.1 Å². The van der Waals surface area contributed by atoms with Crippen LogP contribution in [0.3, 0.4) is 0 Å². The fourth-order valence-electron chi connectivity index (χ4n) is 5.10. The van der Waals surface area contributed by atoms with Crippen molar-refractivity contribution in [3.05, 3.63) is 48.0 Å². The Labute approximate surface area is 229 Å². The minimum atomic E-state index is -0.633. The van der Waals surface area contributed by atoms with E-state index in [9.17, 15) is 14.4 Å². The fourth-order valence-corrected chi connectivity index (χ4v) is 5.10. The topological polar surface area (TPSA) is 112 Å². The molecule has 208 valence electrons. The molecule has 2 N–H and O–H groups in total. The Hall–Kier alpha value is -3.79. The number of carbonyl (C=O) groups is 3. The first kappa shape index (κ1) is 28.2. The van der Waals surface area contributed by atoms with Gasteiger partial charge in [0.15, 0.2) is 0 Å². The molecule has 1 aromatic carbocycles. The van der Waals surface area contributed by atoms with Crippen LogP contribution in [0.4, 0.5) is 4.79 Å². The summed E-state index contributed by atoms with van der Waals surface area (Å²) in [5.41, 5.74) is 3.09. The number of likely N-dealkylation sites (N-methyl/N-ethyl adjacent to an activating group) is 1. The van der Waals surface area contributed by atoms with Gasteiger partial charge in [-0.1, -0.05) is 32.0 Å². The molecular formula is C29H39N7O3. The highest BCUT2D eigenvalue weighted by Gasteiger charge is 2.37. The summed E-state index contributed by atoms with van der Waals surface area (Å²) in [5, 5.41) is 6.79. The quantitative estimate of drug-likeness (QED) is 0.482. The van der Waals surface area contributed by atoms with Crippen LogP contribution in [-0.2, 0) is 9.59 Å². The van der Waals surface area contributed by atoms with Crippen LogP contribution in [0.5, 0.6) is 0 Å². The maximum Gasteiger partial charge on any atom is 0.328 e. The molecule has 39 heavy (non-hydrogen) atoms. The van der Waals surface area contributed by atoms with E-state index in [1.54, 1.807) is 32.6 Å². The van der Waals surface area contributed by atoms with E-state index in [1.165, 1.54) is 4.90 Å². The monoisotopic (exact) mass is 533 g/mol. The first-order valence-corrected chi connectivity index (χ1v) is 13.5. The molecule has 10 nitrogen and oxygen atoms in total. The van der Waals surface area contributed by atoms with Gasteiger partial charge in [-0.3, -0.25) is 14.2 Å². The molecule has 10 heteroatoms. The molecule has 1 aliphatic rings. The zero-order valence-corrected chi connectivity index (χ0v) is 23.9. The summed E-state index contributed by atoms with van der Waals surface area (Å²) in [7, 11) is 5.17. The summed E-state index contributed by atoms with van der Waals surface area (Å²) < 4.78 is 1.63. The fraction of sp³-hybridized carbons (Fsp3) is 0.483. The van der Waals surface area contributed by atoms with Gasteiger partial charge >= 0.3 is 6.03 Å². The highest BCUT2D eigenvalue weighted by molar-refractivity contribution is 6.00. The molecule has 3 atom stereocenters. The van der Waals surface area contributed by atoms with Crippen LogP contribution in [0.25, 0.3) is 22.2 Å². The Kier molecular flexibility index (Phi) is 8.34. The molecule has 0 radical (unpaired) electrons. The predicted molar refractivity (Wildman–Crippen MR) is 151 cm³/mol. The first-order chi connectivity index (χ1) is 18.5. The number of para-hydroxylation sites is 1. The number of nitrogens with one attached hydrogen (secondary N) is 2. The molecule has 0 bridgehead atoms. The number of hydrogen-bond donors (Lipinski definition) is 2. The van der Waals surface area contributed by atoms with E-state index < -0.39 is 12.1 Å². The average molecular weight is 534 g/mol. The van der Waals surface area contributed by atoms with E-state index in [1.807, 2.05) is 62.2 Å². The summed E-state index contributed by atoms with van der Waals surface area (Å²) in [6, 6.07) is 8.27. The normalized spacial score (nSPS) is 16.9. The second-order valence-electron chi connectivity index (χ2n) is 10.8. The van der Waals surface area contributed by atoms with Crippen LogP contribution < -0.4 is 10.6 Å². The van der Waals surface area contributed by atoms with Crippen molar-refractivity contribution in [2.75, 3.05) is 27.7 Å². The van der Waals surface area contributed by atoms with E-state index in [-0.39, 0.29) is 29.8 Å². The standard InChI is InChI=1S/C29H39N7O3/c1-17(2)26(33-27(37)18(3)30-5)28(38)35-14-10-13-25(35)23-15-22(31-19(4)32-23)21-16-36(29(39)34(6)7)24-12-9-8-11-20(21)24/h8-9,11-12,15-18,25-26,30H,10,13-14H2,1-7H3,(H,33,37). The van der Waals surface area contributed by atoms with Crippen molar-refractivity contribution in [3.63, 3.8) is 0 Å². The zero-order valence-electron chi connectivity index (χ0n) is 23.9. The van der Waals surface area contributed by atoms with Gasteiger partial charge in [-0.05, 0) is 51.8 Å². The van der Waals surface area contributed by atoms with Gasteiger partial charge in [-0.2, -0.15) is 0 Å². The van der Waals surface area contributed by atoms with Crippen LogP contribution in [0.1, 0.15) is 51.2 Å². The van der Waals surface area contributed by atoms with E-state index in [0.717, 1.165) is 35.0 Å². The average Bonchev–Trinajstić information content (AvgIpc) is 3.55. The Morgan fingerprint density at radius 1 is 1.10 bits per heavy atom. The van der Waals surface area contributed by atoms with Gasteiger partial charge in [0.25, 0.3) is 0 Å². The summed E-state index contributed by atoms with van der Waals surface area (Å²) in [6.07, 6.45) is 3.44. The highest BCUT2D eigenvalue weighted by atomic mass is 16.2. The van der Waals surface area contributed by atoms with Gasteiger partial charge in [0.1, 0.15) is 11.9 Å². The number of likely N-dealkylation sites (tertiary alicyclic amines) is 1. The molecular weight excluding hydrogens is 494 g/mol. The van der Waals surface area contributed by atoms with Crippen molar-refractivity contribution in [1.29, 1.82) is 0 Å². The third-order valence-corrected chi connectivity index (χ3v) is 7.37. The second kappa shape index (κ2) is 11.5. The number of hydrogen-bond acceptors (Lipinski definition) is 6. The molecule has 3 amide bonds. The SMILES string of the molecule is CNC(C)C(=O)NC(C(=O)N1CCCC1c1cc(-c2cn(C(=O)N(C)C)c3ccccc23)nc(C)n1)C(C)C. The lowest BCUT2D eigenvalue weighted by Gasteiger charge is -2.31. The Morgan fingerprint density at radius 2 is 1.82 bits per heavy atom. The Bertz CT molecular complexity index is 1380. The lowest BCUT2D eigenvalue weighted by molar-refractivity contribution is -0.139. The van der Waals surface area contributed by atoms with Gasteiger partial charge in [-0.25, -0.2) is 14.8 Å². The van der Waals surface area contributed by atoms with Crippen LogP contribution in [0, 0.1) is 12.8 Å². The summed E-state index contributed by atoms with van der Waals surface area (Å²) in [6.45, 7) is 8.09. The maximum atomic E-state index is 13.8. The molecule has 0 saturated carbocycles. The number of aryl methyl sites for hydroxylation is 1. The summed E-state index contributed by atoms with van der Waals surface area (Å²) >= 11 is 0. The number of amides is 3. The van der Waals surface area contributed by atoms with Gasteiger partial charge in [0.05, 0.1) is 29.0 Å². The van der Waals surface area contributed by atoms with Gasteiger partial charge in [0, 0.05) is 37.8 Å². The molecule has 1 saturated heterocycles. The number of nitrogens with zero attached hydrogens (tertiary/aromatic N) is 5. The van der Waals surface area contributed by atoms with Crippen molar-refractivity contribution >= 4 is 28.7 Å². The van der Waals surface area contributed by atoms with E-state index >= 15 is 0 Å². The number of rotatable bonds is 7. The maximum absolute atomic E-state index is 13.8. The lowest BCUT2D eigenvalue weighted by atomic mass is 10.0. The van der Waals surface area contributed by atoms with Crippen molar-refractivity contribution in [1.82, 2.24) is 35.0 Å². The minimum absolute atomic E-state index is 0.0742. The summed E-state index contributed by atoms with van der Waals surface area (Å²) in [5.74, 6) is 0.211. The van der Waals surface area contributed by atoms with Crippen LogP contribution in [0.2, 0.25) is 0 Å². The van der Waals surface area contributed by atoms with Crippen LogP contribution >= 0.6 is 0 Å². The molecule has 1 aliphatic heterocycles. The smallest absolute Gasteiger partial charge is 0.328 e. The molecule has 3 heterocycles. The Balaban J connectivity index is 1.71. The van der Waals surface area contributed by atoms with E-state index in [2.05, 4.69) is 10.6 Å². The minimum Gasteiger partial charge on any atom is -0.343 e. The molecule has 3 unspecified atom stereocenters. The van der Waals surface area contributed by atoms with Gasteiger partial charge < -0.3 is 20.4 Å². The molecule has 0 aliphatic carbocycles. The molecule has 1 fully saturated rings. The third kappa shape index (κ3) is 5.66. The number of benzene rings is 1. The molecule has 2 aromatic heterocycles. The number of aromatic nitrogens is 3. The van der Waals surface area contributed by atoms with Crippen molar-refractivity contribution < 1.29 is 14.4 Å². The molecule has 4 rings (SSSR count). The lowest BCUT2D eigenvalue weighted by Crippen LogP contribution is -2.54. The van der Waals surface area contributed by atoms with Crippen molar-refractivity contribution in [3.8, 4) is 11.3 Å². The largest absolute Gasteiger partial charge is 0.343 e. The zero-order chi connectivity index (χ0) is 28.4. The highest BCUT2D eigenvalue weighted by Crippen LogP contribution is 2.35. The third-order valence-electron chi connectivity index (χ3n) is 7.37. The number of carbonyl (C=O) groups excluding carboxylic acids is 3. The summed E-state index contributed by atoms with van der Waals surface area (Å²) in [4.78, 5) is 52.1. The Morgan fingerprint density at radius 3 is 2.49 bits per heavy atom. The van der Waals surface area contributed by atoms with Crippen molar-refractivity contribution in [2.24, 2.45) is 5.92 Å². The predicted octanol–water partition coefficient (Wildman–Crippen LogP) is 3.35. The van der Waals surface area contributed by atoms with E-state index in [4.69, 9.17) is 9.97 Å². The van der Waals surface area contributed by atoms with Gasteiger partial charge in [-0.15, -0.1) is 0 Å². The number of fused-ring (bicyclic) bond motifs is 1.